The highest BCUT2D eigenvalue weighted by Crippen LogP contribution is 2.19. The predicted octanol–water partition coefficient (Wildman–Crippen LogP) is 3.87. The Balaban J connectivity index is 1.91. The molecule has 0 heterocycles. The van der Waals surface area contributed by atoms with Crippen molar-refractivity contribution in [2.24, 2.45) is 0 Å². The third-order valence-corrected chi connectivity index (χ3v) is 2.72. The smallest absolute Gasteiger partial charge is 0.135 e. The quantitative estimate of drug-likeness (QED) is 0.474. The van der Waals surface area contributed by atoms with Crippen molar-refractivity contribution in [3.63, 3.8) is 0 Å². The molecule has 108 valence electrons. The summed E-state index contributed by atoms with van der Waals surface area (Å²) in [6.45, 7) is 0.736. The molecule has 0 saturated heterocycles. The van der Waals surface area contributed by atoms with Crippen LogP contribution in [0.15, 0.2) is 48.5 Å². The average Bonchev–Trinajstić information content (AvgIpc) is 2.52. The molecule has 2 rings (SSSR count). The van der Waals surface area contributed by atoms with Crippen LogP contribution in [0.5, 0.6) is 11.5 Å². The molecule has 2 nitrogen and oxygen atoms in total. The van der Waals surface area contributed by atoms with E-state index in [-0.39, 0.29) is 11.7 Å². The molecule has 21 heavy (non-hydrogen) atoms. The minimum absolute atomic E-state index is 0.188. The van der Waals surface area contributed by atoms with Crippen LogP contribution >= 0.6 is 11.6 Å². The van der Waals surface area contributed by atoms with Gasteiger partial charge in [0.25, 0.3) is 0 Å². The third-order valence-electron chi connectivity index (χ3n) is 2.58. The number of alkyl halides is 1. The van der Waals surface area contributed by atoms with Crippen LogP contribution in [0.25, 0.3) is 0 Å². The first-order valence-corrected chi connectivity index (χ1v) is 6.98. The fourth-order valence-electron chi connectivity index (χ4n) is 1.68. The summed E-state index contributed by atoms with van der Waals surface area (Å²) in [5.74, 6) is 6.59. The molecular weight excluding hydrogens is 291 g/mol. The first-order valence-electron chi connectivity index (χ1n) is 6.44. The number of hydrogen-bond acceptors (Lipinski definition) is 2. The van der Waals surface area contributed by atoms with Crippen LogP contribution < -0.4 is 9.47 Å². The van der Waals surface area contributed by atoms with Crippen molar-refractivity contribution >= 4 is 11.6 Å². The standard InChI is InChI=1S/C17H14ClFO2/c18-10-4-5-14-13-15(19)8-9-17(14)21-12-11-20-16-6-2-1-3-7-16/h1-3,6-9,13H,10-12H2. The van der Waals surface area contributed by atoms with Gasteiger partial charge in [0.15, 0.2) is 0 Å². The number of para-hydroxylation sites is 1. The maximum Gasteiger partial charge on any atom is 0.135 e. The Hall–Kier alpha value is -2.18. The molecule has 0 aromatic heterocycles. The van der Waals surface area contributed by atoms with Crippen molar-refractivity contribution < 1.29 is 13.9 Å². The van der Waals surface area contributed by atoms with Gasteiger partial charge in [-0.3, -0.25) is 0 Å². The van der Waals surface area contributed by atoms with Gasteiger partial charge in [-0.05, 0) is 30.3 Å². The lowest BCUT2D eigenvalue weighted by atomic mass is 10.2. The minimum Gasteiger partial charge on any atom is -0.490 e. The molecule has 0 bridgehead atoms. The lowest BCUT2D eigenvalue weighted by molar-refractivity contribution is 0.216. The highest BCUT2D eigenvalue weighted by molar-refractivity contribution is 6.19. The molecular formula is C17H14ClFO2. The zero-order valence-electron chi connectivity index (χ0n) is 11.3. The van der Waals surface area contributed by atoms with Gasteiger partial charge in [0, 0.05) is 0 Å². The van der Waals surface area contributed by atoms with Crippen LogP contribution in [0.1, 0.15) is 5.56 Å². The molecule has 0 N–H and O–H groups in total. The van der Waals surface area contributed by atoms with E-state index in [2.05, 4.69) is 11.8 Å². The molecule has 0 fully saturated rings. The molecule has 0 amide bonds. The van der Waals surface area contributed by atoms with Crippen LogP contribution in [0, 0.1) is 17.7 Å². The number of halogens is 2. The third kappa shape index (κ3) is 5.02. The Labute approximate surface area is 128 Å². The van der Waals surface area contributed by atoms with Gasteiger partial charge in [0.1, 0.15) is 30.5 Å². The highest BCUT2D eigenvalue weighted by atomic mass is 35.5. The van der Waals surface area contributed by atoms with E-state index in [0.717, 1.165) is 5.75 Å². The summed E-state index contributed by atoms with van der Waals surface area (Å²) in [5.41, 5.74) is 0.482. The van der Waals surface area contributed by atoms with Gasteiger partial charge >= 0.3 is 0 Å². The summed E-state index contributed by atoms with van der Waals surface area (Å²) in [6.07, 6.45) is 0. The van der Waals surface area contributed by atoms with Crippen LogP contribution in [0.3, 0.4) is 0 Å². The molecule has 0 spiro atoms. The van der Waals surface area contributed by atoms with E-state index in [0.29, 0.717) is 24.5 Å². The van der Waals surface area contributed by atoms with E-state index in [1.54, 1.807) is 6.07 Å². The van der Waals surface area contributed by atoms with Gasteiger partial charge in [0.2, 0.25) is 0 Å². The van der Waals surface area contributed by atoms with Crippen molar-refractivity contribution in [2.75, 3.05) is 19.1 Å². The predicted molar refractivity (Wildman–Crippen MR) is 81.4 cm³/mol. The monoisotopic (exact) mass is 304 g/mol. The summed E-state index contributed by atoms with van der Waals surface area (Å²) in [7, 11) is 0. The SMILES string of the molecule is Fc1ccc(OCCOc2ccccc2)c(C#CCCl)c1. The van der Waals surface area contributed by atoms with Gasteiger partial charge < -0.3 is 9.47 Å². The topological polar surface area (TPSA) is 18.5 Å². The highest BCUT2D eigenvalue weighted by Gasteiger charge is 2.03. The maximum absolute atomic E-state index is 13.2. The van der Waals surface area contributed by atoms with Crippen molar-refractivity contribution in [1.82, 2.24) is 0 Å². The minimum atomic E-state index is -0.359. The zero-order chi connectivity index (χ0) is 14.9. The second-order valence-electron chi connectivity index (χ2n) is 4.09. The van der Waals surface area contributed by atoms with Crippen LogP contribution in [0.2, 0.25) is 0 Å². The molecule has 0 unspecified atom stereocenters. The Morgan fingerprint density at radius 3 is 2.52 bits per heavy atom. The molecule has 0 saturated carbocycles. The van der Waals surface area contributed by atoms with E-state index in [4.69, 9.17) is 21.1 Å². The van der Waals surface area contributed by atoms with E-state index in [1.165, 1.54) is 12.1 Å². The second-order valence-corrected chi connectivity index (χ2v) is 4.35. The Morgan fingerprint density at radius 2 is 1.76 bits per heavy atom. The van der Waals surface area contributed by atoms with Crippen molar-refractivity contribution in [1.29, 1.82) is 0 Å². The summed E-state index contributed by atoms with van der Waals surface area (Å²) in [4.78, 5) is 0. The van der Waals surface area contributed by atoms with Gasteiger partial charge in [-0.2, -0.15) is 0 Å². The van der Waals surface area contributed by atoms with Crippen LogP contribution in [0.4, 0.5) is 4.39 Å². The number of benzene rings is 2. The molecule has 0 radical (unpaired) electrons. The molecule has 2 aromatic rings. The lowest BCUT2D eigenvalue weighted by Gasteiger charge is -2.09. The zero-order valence-corrected chi connectivity index (χ0v) is 12.1. The Kier molecular flexibility index (Phi) is 5.93. The summed E-state index contributed by atoms with van der Waals surface area (Å²) in [6, 6.07) is 13.7. The summed E-state index contributed by atoms with van der Waals surface area (Å²) >= 11 is 5.51. The Bertz CT molecular complexity index is 632. The first kappa shape index (κ1) is 15.2. The van der Waals surface area contributed by atoms with E-state index >= 15 is 0 Å². The van der Waals surface area contributed by atoms with Crippen molar-refractivity contribution in [3.05, 3.63) is 59.9 Å². The molecule has 0 aliphatic rings. The molecule has 0 aliphatic heterocycles. The number of hydrogen-bond donors (Lipinski definition) is 0. The van der Waals surface area contributed by atoms with Gasteiger partial charge in [0.05, 0.1) is 11.4 Å². The van der Waals surface area contributed by atoms with E-state index < -0.39 is 0 Å². The molecule has 4 heteroatoms. The van der Waals surface area contributed by atoms with Gasteiger partial charge in [-0.25, -0.2) is 4.39 Å². The number of ether oxygens (including phenoxy) is 2. The van der Waals surface area contributed by atoms with E-state index in [1.807, 2.05) is 30.3 Å². The Morgan fingerprint density at radius 1 is 1.00 bits per heavy atom. The summed E-state index contributed by atoms with van der Waals surface area (Å²) in [5, 5.41) is 0. The fourth-order valence-corrected chi connectivity index (χ4v) is 1.75. The van der Waals surface area contributed by atoms with Crippen LogP contribution in [-0.4, -0.2) is 19.1 Å². The molecule has 2 aromatic carbocycles. The van der Waals surface area contributed by atoms with Crippen molar-refractivity contribution in [2.45, 2.75) is 0 Å². The lowest BCUT2D eigenvalue weighted by Crippen LogP contribution is -2.09. The van der Waals surface area contributed by atoms with Crippen LogP contribution in [-0.2, 0) is 0 Å². The fraction of sp³-hybridized carbons (Fsp3) is 0.176. The first-order chi connectivity index (χ1) is 10.3. The number of rotatable bonds is 5. The van der Waals surface area contributed by atoms with Crippen molar-refractivity contribution in [3.8, 4) is 23.3 Å². The molecule has 0 atom stereocenters. The second kappa shape index (κ2) is 8.18. The normalized spacial score (nSPS) is 9.62. The largest absolute Gasteiger partial charge is 0.490 e. The molecule has 0 aliphatic carbocycles. The van der Waals surface area contributed by atoms with Gasteiger partial charge in [-0.15, -0.1) is 11.6 Å². The maximum atomic E-state index is 13.2. The van der Waals surface area contributed by atoms with E-state index in [9.17, 15) is 4.39 Å². The van der Waals surface area contributed by atoms with Gasteiger partial charge in [-0.1, -0.05) is 30.0 Å². The summed E-state index contributed by atoms with van der Waals surface area (Å²) < 4.78 is 24.3. The average molecular weight is 305 g/mol.